The monoisotopic (exact) mass is 373 g/mol. The summed E-state index contributed by atoms with van der Waals surface area (Å²) in [6, 6.07) is 3.76. The van der Waals surface area contributed by atoms with Crippen molar-refractivity contribution in [1.29, 1.82) is 0 Å². The number of aryl methyl sites for hydroxylation is 3. The second-order valence-electron chi connectivity index (χ2n) is 6.20. The summed E-state index contributed by atoms with van der Waals surface area (Å²) >= 11 is 1.66. The maximum absolute atomic E-state index is 12.9. The molecule has 0 aromatic carbocycles. The topological polar surface area (TPSA) is 96.5 Å². The molecule has 8 heteroatoms. The van der Waals surface area contributed by atoms with Crippen molar-refractivity contribution in [3.8, 4) is 11.3 Å². The van der Waals surface area contributed by atoms with Gasteiger partial charge in [0.2, 0.25) is 0 Å². The average Bonchev–Trinajstić information content (AvgIpc) is 3.13. The van der Waals surface area contributed by atoms with Crippen molar-refractivity contribution < 1.29 is 19.2 Å². The molecule has 3 aromatic rings. The summed E-state index contributed by atoms with van der Waals surface area (Å²) in [5, 5.41) is 13.3. The molecule has 0 saturated heterocycles. The lowest BCUT2D eigenvalue weighted by Crippen LogP contribution is -2.29. The number of carboxylic acid groups (broad SMARTS) is 1. The first-order chi connectivity index (χ1) is 12.3. The Balaban J connectivity index is 2.11. The van der Waals surface area contributed by atoms with Gasteiger partial charge in [-0.3, -0.25) is 9.59 Å². The summed E-state index contributed by atoms with van der Waals surface area (Å²) < 4.78 is 5.30. The van der Waals surface area contributed by atoms with Crippen LogP contribution in [0.2, 0.25) is 0 Å². The van der Waals surface area contributed by atoms with E-state index >= 15 is 0 Å². The molecule has 0 unspecified atom stereocenters. The van der Waals surface area contributed by atoms with Crippen molar-refractivity contribution in [3.63, 3.8) is 0 Å². The fraction of sp³-hybridized carbons (Fsp3) is 0.333. The van der Waals surface area contributed by atoms with Crippen LogP contribution in [0.15, 0.2) is 16.7 Å². The van der Waals surface area contributed by atoms with E-state index in [0.29, 0.717) is 28.1 Å². The number of aliphatic carboxylic acids is 1. The molecule has 0 aliphatic heterocycles. The molecule has 3 rings (SSSR count). The number of thiophene rings is 1. The molecular weight excluding hydrogens is 354 g/mol. The Morgan fingerprint density at radius 2 is 2.00 bits per heavy atom. The van der Waals surface area contributed by atoms with Crippen molar-refractivity contribution in [2.75, 3.05) is 13.6 Å². The van der Waals surface area contributed by atoms with E-state index < -0.39 is 5.97 Å². The molecule has 0 spiro atoms. The van der Waals surface area contributed by atoms with Gasteiger partial charge in [-0.2, -0.15) is 0 Å². The largest absolute Gasteiger partial charge is 0.481 e. The lowest BCUT2D eigenvalue weighted by Gasteiger charge is -2.17. The predicted octanol–water partition coefficient (Wildman–Crippen LogP) is 3.42. The SMILES string of the molecule is Cc1cc(-c2cc(C(=O)N(C)CCC(=O)O)c3c(C)noc3n2)c(C)s1. The van der Waals surface area contributed by atoms with Gasteiger partial charge in [0.15, 0.2) is 0 Å². The van der Waals surface area contributed by atoms with E-state index in [0.717, 1.165) is 15.3 Å². The highest BCUT2D eigenvalue weighted by Gasteiger charge is 2.23. The van der Waals surface area contributed by atoms with Crippen LogP contribution in [-0.4, -0.2) is 45.6 Å². The number of rotatable bonds is 5. The molecule has 3 heterocycles. The van der Waals surface area contributed by atoms with E-state index in [1.807, 2.05) is 19.9 Å². The van der Waals surface area contributed by atoms with E-state index in [4.69, 9.17) is 9.63 Å². The highest BCUT2D eigenvalue weighted by molar-refractivity contribution is 7.12. The summed E-state index contributed by atoms with van der Waals surface area (Å²) in [4.78, 5) is 31.9. The Labute approximate surface area is 154 Å². The van der Waals surface area contributed by atoms with Gasteiger partial charge in [0.1, 0.15) is 0 Å². The lowest BCUT2D eigenvalue weighted by molar-refractivity contribution is -0.137. The van der Waals surface area contributed by atoms with Gasteiger partial charge in [0.05, 0.1) is 28.8 Å². The molecule has 0 aliphatic carbocycles. The normalized spacial score (nSPS) is 11.1. The first-order valence-electron chi connectivity index (χ1n) is 8.09. The molecule has 0 bridgehead atoms. The summed E-state index contributed by atoms with van der Waals surface area (Å²) in [7, 11) is 1.58. The van der Waals surface area contributed by atoms with Crippen molar-refractivity contribution in [2.24, 2.45) is 0 Å². The van der Waals surface area contributed by atoms with Crippen molar-refractivity contribution in [3.05, 3.63) is 33.1 Å². The fourth-order valence-electron chi connectivity index (χ4n) is 2.86. The highest BCUT2D eigenvalue weighted by atomic mass is 32.1. The molecule has 26 heavy (non-hydrogen) atoms. The fourth-order valence-corrected chi connectivity index (χ4v) is 3.79. The molecule has 0 atom stereocenters. The van der Waals surface area contributed by atoms with Crippen LogP contribution < -0.4 is 0 Å². The quantitative estimate of drug-likeness (QED) is 0.736. The van der Waals surface area contributed by atoms with Crippen LogP contribution >= 0.6 is 11.3 Å². The van der Waals surface area contributed by atoms with E-state index in [-0.39, 0.29) is 18.9 Å². The Morgan fingerprint density at radius 3 is 2.62 bits per heavy atom. The van der Waals surface area contributed by atoms with Crippen molar-refractivity contribution in [1.82, 2.24) is 15.0 Å². The van der Waals surface area contributed by atoms with Crippen LogP contribution in [0.25, 0.3) is 22.4 Å². The summed E-state index contributed by atoms with van der Waals surface area (Å²) in [6.07, 6.45) is -0.116. The van der Waals surface area contributed by atoms with Crippen LogP contribution in [0, 0.1) is 20.8 Å². The van der Waals surface area contributed by atoms with Crippen LogP contribution in [0.3, 0.4) is 0 Å². The molecular formula is C18H19N3O4S. The van der Waals surface area contributed by atoms with E-state index in [1.54, 1.807) is 31.4 Å². The van der Waals surface area contributed by atoms with Crippen LogP contribution in [0.1, 0.15) is 32.2 Å². The number of hydrogen-bond acceptors (Lipinski definition) is 6. The minimum absolute atomic E-state index is 0.116. The number of aromatic nitrogens is 2. The van der Waals surface area contributed by atoms with Gasteiger partial charge in [-0.05, 0) is 32.9 Å². The third-order valence-electron chi connectivity index (χ3n) is 4.17. The van der Waals surface area contributed by atoms with Crippen molar-refractivity contribution >= 4 is 34.3 Å². The number of fused-ring (bicyclic) bond motifs is 1. The number of carboxylic acids is 1. The second-order valence-corrected chi connectivity index (χ2v) is 7.66. The van der Waals surface area contributed by atoms with Gasteiger partial charge in [-0.25, -0.2) is 4.98 Å². The zero-order chi connectivity index (χ0) is 19.0. The summed E-state index contributed by atoms with van der Waals surface area (Å²) in [6.45, 7) is 5.89. The zero-order valence-electron chi connectivity index (χ0n) is 15.0. The highest BCUT2D eigenvalue weighted by Crippen LogP contribution is 2.33. The van der Waals surface area contributed by atoms with E-state index in [9.17, 15) is 9.59 Å². The number of pyridine rings is 1. The minimum Gasteiger partial charge on any atom is -0.481 e. The number of nitrogens with zero attached hydrogens (tertiary/aromatic N) is 3. The number of carbonyl (C=O) groups is 2. The molecule has 1 amide bonds. The van der Waals surface area contributed by atoms with Gasteiger partial charge in [0.25, 0.3) is 11.6 Å². The number of hydrogen-bond donors (Lipinski definition) is 1. The third kappa shape index (κ3) is 3.32. The van der Waals surface area contributed by atoms with E-state index in [1.165, 1.54) is 4.90 Å². The maximum Gasteiger partial charge on any atom is 0.305 e. The zero-order valence-corrected chi connectivity index (χ0v) is 15.8. The first-order valence-corrected chi connectivity index (χ1v) is 8.91. The molecule has 0 saturated carbocycles. The standard InChI is InChI=1S/C18H19N3O4S/c1-9-7-12(11(3)26-9)14-8-13(16-10(2)20-25-17(16)19-14)18(24)21(4)6-5-15(22)23/h7-8H,5-6H2,1-4H3,(H,22,23). The van der Waals surface area contributed by atoms with Gasteiger partial charge < -0.3 is 14.5 Å². The Morgan fingerprint density at radius 1 is 1.27 bits per heavy atom. The average molecular weight is 373 g/mol. The van der Waals surface area contributed by atoms with Gasteiger partial charge >= 0.3 is 5.97 Å². The predicted molar refractivity (Wildman–Crippen MR) is 98.5 cm³/mol. The molecule has 7 nitrogen and oxygen atoms in total. The number of amides is 1. The third-order valence-corrected chi connectivity index (χ3v) is 5.14. The van der Waals surface area contributed by atoms with Gasteiger partial charge in [-0.1, -0.05) is 5.16 Å². The molecule has 0 radical (unpaired) electrons. The lowest BCUT2D eigenvalue weighted by atomic mass is 10.0. The summed E-state index contributed by atoms with van der Waals surface area (Å²) in [5.41, 5.74) is 2.89. The number of carbonyl (C=O) groups excluding carboxylic acids is 1. The maximum atomic E-state index is 12.9. The van der Waals surface area contributed by atoms with Crippen LogP contribution in [-0.2, 0) is 4.79 Å². The van der Waals surface area contributed by atoms with Gasteiger partial charge in [0, 0.05) is 28.9 Å². The molecule has 136 valence electrons. The van der Waals surface area contributed by atoms with Crippen LogP contribution in [0.4, 0.5) is 0 Å². The van der Waals surface area contributed by atoms with Crippen molar-refractivity contribution in [2.45, 2.75) is 27.2 Å². The molecule has 0 aliphatic rings. The summed E-state index contributed by atoms with van der Waals surface area (Å²) in [5.74, 6) is -1.23. The Bertz CT molecular complexity index is 1010. The molecule has 0 fully saturated rings. The second kappa shape index (κ2) is 6.87. The first kappa shape index (κ1) is 18.1. The Hall–Kier alpha value is -2.74. The van der Waals surface area contributed by atoms with Crippen LogP contribution in [0.5, 0.6) is 0 Å². The van der Waals surface area contributed by atoms with E-state index in [2.05, 4.69) is 10.1 Å². The minimum atomic E-state index is -0.948. The molecule has 3 aromatic heterocycles. The smallest absolute Gasteiger partial charge is 0.305 e. The molecule has 1 N–H and O–H groups in total. The Kier molecular flexibility index (Phi) is 4.78. The van der Waals surface area contributed by atoms with Gasteiger partial charge in [-0.15, -0.1) is 11.3 Å².